The van der Waals surface area contributed by atoms with E-state index in [0.29, 0.717) is 35.8 Å². The highest BCUT2D eigenvalue weighted by atomic mass is 32.2. The van der Waals surface area contributed by atoms with Gasteiger partial charge in [0.1, 0.15) is 5.75 Å². The first kappa shape index (κ1) is 21.8. The normalized spacial score (nSPS) is 19.1. The number of carbonyl (C=O) groups excluding carboxylic acids is 2. The molecule has 8 nitrogen and oxygen atoms in total. The van der Waals surface area contributed by atoms with E-state index in [-0.39, 0.29) is 28.7 Å². The van der Waals surface area contributed by atoms with Crippen LogP contribution in [-0.2, 0) is 14.8 Å². The second-order valence-corrected chi connectivity index (χ2v) is 10.5. The van der Waals surface area contributed by atoms with Gasteiger partial charge in [-0.15, -0.1) is 11.3 Å². The molecule has 4 rings (SSSR count). The van der Waals surface area contributed by atoms with Crippen LogP contribution in [0.4, 0.5) is 5.69 Å². The molecule has 1 aromatic carbocycles. The molecule has 0 radical (unpaired) electrons. The summed E-state index contributed by atoms with van der Waals surface area (Å²) in [5.74, 6) is -0.329. The zero-order valence-corrected chi connectivity index (χ0v) is 18.8. The van der Waals surface area contributed by atoms with Gasteiger partial charge in [-0.1, -0.05) is 6.07 Å². The minimum Gasteiger partial charge on any atom is -0.495 e. The lowest BCUT2D eigenvalue weighted by Crippen LogP contribution is -2.43. The summed E-state index contributed by atoms with van der Waals surface area (Å²) in [6.45, 7) is 0.941. The molecule has 31 heavy (non-hydrogen) atoms. The average Bonchev–Trinajstić information content (AvgIpc) is 3.39. The number of anilines is 1. The van der Waals surface area contributed by atoms with E-state index < -0.39 is 10.0 Å². The van der Waals surface area contributed by atoms with Gasteiger partial charge >= 0.3 is 0 Å². The van der Waals surface area contributed by atoms with Crippen molar-refractivity contribution >= 4 is 38.9 Å². The van der Waals surface area contributed by atoms with Crippen molar-refractivity contribution in [2.75, 3.05) is 25.5 Å². The molecule has 1 aliphatic heterocycles. The maximum atomic E-state index is 13.0. The molecule has 1 unspecified atom stereocenters. The largest absolute Gasteiger partial charge is 0.495 e. The molecule has 1 aliphatic carbocycles. The Bertz CT molecular complexity index is 1060. The number of carbonyl (C=O) groups is 2. The number of likely N-dealkylation sites (tertiary alicyclic amines) is 1. The molecule has 2 fully saturated rings. The van der Waals surface area contributed by atoms with Gasteiger partial charge in [-0.2, -0.15) is 0 Å². The van der Waals surface area contributed by atoms with Crippen LogP contribution in [0.2, 0.25) is 0 Å². The first-order valence-corrected chi connectivity index (χ1v) is 12.6. The molecular formula is C21H25N3O5S2. The van der Waals surface area contributed by atoms with Crippen LogP contribution in [0.1, 0.15) is 35.4 Å². The van der Waals surface area contributed by atoms with Crippen LogP contribution >= 0.6 is 11.3 Å². The van der Waals surface area contributed by atoms with Crippen molar-refractivity contribution in [2.24, 2.45) is 5.92 Å². The Morgan fingerprint density at radius 3 is 2.68 bits per heavy atom. The number of hydrogen-bond acceptors (Lipinski definition) is 6. The Kier molecular flexibility index (Phi) is 6.31. The highest BCUT2D eigenvalue weighted by Gasteiger charge is 2.31. The molecule has 10 heteroatoms. The van der Waals surface area contributed by atoms with Gasteiger partial charge in [0.2, 0.25) is 15.9 Å². The Balaban J connectivity index is 1.48. The Morgan fingerprint density at radius 1 is 1.19 bits per heavy atom. The van der Waals surface area contributed by atoms with E-state index in [1.165, 1.54) is 36.6 Å². The Labute approximate surface area is 185 Å². The maximum absolute atomic E-state index is 13.0. The number of ether oxygens (including phenoxy) is 1. The molecule has 2 aromatic rings. The predicted octanol–water partition coefficient (Wildman–Crippen LogP) is 2.69. The van der Waals surface area contributed by atoms with Gasteiger partial charge in [-0.3, -0.25) is 9.59 Å². The van der Waals surface area contributed by atoms with E-state index in [1.807, 2.05) is 11.4 Å². The first-order chi connectivity index (χ1) is 14.9. The van der Waals surface area contributed by atoms with E-state index in [2.05, 4.69) is 10.0 Å². The third-order valence-electron chi connectivity index (χ3n) is 5.45. The minimum atomic E-state index is -3.66. The lowest BCUT2D eigenvalue weighted by Gasteiger charge is -2.32. The minimum absolute atomic E-state index is 0.0146. The summed E-state index contributed by atoms with van der Waals surface area (Å²) in [6.07, 6.45) is 3.05. The van der Waals surface area contributed by atoms with Crippen molar-refractivity contribution < 1.29 is 22.7 Å². The van der Waals surface area contributed by atoms with Crippen LogP contribution in [0, 0.1) is 5.92 Å². The van der Waals surface area contributed by atoms with Crippen LogP contribution in [0.25, 0.3) is 0 Å². The number of sulfonamides is 1. The first-order valence-electron chi connectivity index (χ1n) is 10.2. The number of thiophene rings is 1. The summed E-state index contributed by atoms with van der Waals surface area (Å²) >= 11 is 1.38. The van der Waals surface area contributed by atoms with Crippen LogP contribution in [0.15, 0.2) is 40.6 Å². The SMILES string of the molecule is COc1ccc(S(=O)(=O)NC2CC2)cc1NC(=O)C1CCCN(C(=O)c2cccs2)C1. The molecule has 2 heterocycles. The topological polar surface area (TPSA) is 105 Å². The van der Waals surface area contributed by atoms with Crippen LogP contribution in [0.3, 0.4) is 0 Å². The number of amides is 2. The zero-order valence-electron chi connectivity index (χ0n) is 17.2. The van der Waals surface area contributed by atoms with E-state index in [9.17, 15) is 18.0 Å². The second-order valence-electron chi connectivity index (χ2n) is 7.81. The van der Waals surface area contributed by atoms with Crippen molar-refractivity contribution in [1.82, 2.24) is 9.62 Å². The zero-order chi connectivity index (χ0) is 22.0. The third-order valence-corrected chi connectivity index (χ3v) is 7.83. The Morgan fingerprint density at radius 2 is 2.00 bits per heavy atom. The average molecular weight is 464 g/mol. The fourth-order valence-corrected chi connectivity index (χ4v) is 5.63. The molecule has 2 amide bonds. The summed E-state index contributed by atoms with van der Waals surface area (Å²) in [6, 6.07) is 8.00. The molecule has 166 valence electrons. The second kappa shape index (κ2) is 8.97. The molecular weight excluding hydrogens is 438 g/mol. The van der Waals surface area contributed by atoms with E-state index in [4.69, 9.17) is 4.74 Å². The number of benzene rings is 1. The highest BCUT2D eigenvalue weighted by Crippen LogP contribution is 2.30. The van der Waals surface area contributed by atoms with E-state index in [0.717, 1.165) is 19.3 Å². The molecule has 1 atom stereocenters. The summed E-state index contributed by atoms with van der Waals surface area (Å²) in [7, 11) is -2.20. The summed E-state index contributed by atoms with van der Waals surface area (Å²) in [4.78, 5) is 28.1. The van der Waals surface area contributed by atoms with Crippen molar-refractivity contribution in [1.29, 1.82) is 0 Å². The molecule has 2 aliphatic rings. The van der Waals surface area contributed by atoms with E-state index >= 15 is 0 Å². The van der Waals surface area contributed by atoms with Crippen LogP contribution in [0.5, 0.6) is 5.75 Å². The number of nitrogens with one attached hydrogen (secondary N) is 2. The standard InChI is InChI=1S/C21H25N3O5S2/c1-29-18-9-8-16(31(27,28)23-15-6-7-15)12-17(18)22-20(25)14-4-2-10-24(13-14)21(26)19-5-3-11-30-19/h3,5,8-9,11-12,14-15,23H,2,4,6-7,10,13H2,1H3,(H,22,25). The molecule has 1 saturated carbocycles. The quantitative estimate of drug-likeness (QED) is 0.657. The highest BCUT2D eigenvalue weighted by molar-refractivity contribution is 7.89. The lowest BCUT2D eigenvalue weighted by molar-refractivity contribution is -0.121. The molecule has 1 aromatic heterocycles. The van der Waals surface area contributed by atoms with Gasteiger partial charge in [0, 0.05) is 19.1 Å². The van der Waals surface area contributed by atoms with Crippen LogP contribution in [-0.4, -0.2) is 51.4 Å². The Hall–Kier alpha value is -2.43. The number of nitrogens with zero attached hydrogens (tertiary/aromatic N) is 1. The number of rotatable bonds is 7. The summed E-state index contributed by atoms with van der Waals surface area (Å²) in [5.41, 5.74) is 0.299. The van der Waals surface area contributed by atoms with Crippen molar-refractivity contribution in [3.05, 3.63) is 40.6 Å². The molecule has 0 spiro atoms. The van der Waals surface area contributed by atoms with E-state index in [1.54, 1.807) is 11.0 Å². The lowest BCUT2D eigenvalue weighted by atomic mass is 9.96. The molecule has 0 bridgehead atoms. The van der Waals surface area contributed by atoms with Gasteiger partial charge in [-0.25, -0.2) is 13.1 Å². The van der Waals surface area contributed by atoms with Gasteiger partial charge < -0.3 is 15.0 Å². The molecule has 1 saturated heterocycles. The van der Waals surface area contributed by atoms with Crippen LogP contribution < -0.4 is 14.8 Å². The fraction of sp³-hybridized carbons (Fsp3) is 0.429. The van der Waals surface area contributed by atoms with Gasteiger partial charge in [-0.05, 0) is 55.3 Å². The van der Waals surface area contributed by atoms with Crippen molar-refractivity contribution in [3.8, 4) is 5.75 Å². The van der Waals surface area contributed by atoms with Gasteiger partial charge in [0.15, 0.2) is 0 Å². The monoisotopic (exact) mass is 463 g/mol. The predicted molar refractivity (Wildman–Crippen MR) is 118 cm³/mol. The van der Waals surface area contributed by atoms with Gasteiger partial charge in [0.05, 0.1) is 28.5 Å². The number of methoxy groups -OCH3 is 1. The van der Waals surface area contributed by atoms with Crippen molar-refractivity contribution in [3.63, 3.8) is 0 Å². The smallest absolute Gasteiger partial charge is 0.263 e. The van der Waals surface area contributed by atoms with Crippen molar-refractivity contribution in [2.45, 2.75) is 36.6 Å². The number of piperidine rings is 1. The summed E-state index contributed by atoms with van der Waals surface area (Å²) < 4.78 is 33.0. The maximum Gasteiger partial charge on any atom is 0.263 e. The third kappa shape index (κ3) is 5.08. The fourth-order valence-electron chi connectivity index (χ4n) is 3.61. The number of hydrogen-bond donors (Lipinski definition) is 2. The summed E-state index contributed by atoms with van der Waals surface area (Å²) in [5, 5.41) is 4.67. The van der Waals surface area contributed by atoms with Gasteiger partial charge in [0.25, 0.3) is 5.91 Å². The molecule has 2 N–H and O–H groups in total.